The lowest BCUT2D eigenvalue weighted by atomic mass is 9.93. The van der Waals surface area contributed by atoms with Crippen molar-refractivity contribution in [3.8, 4) is 12.3 Å². The van der Waals surface area contributed by atoms with E-state index in [9.17, 15) is 9.46 Å². The zero-order chi connectivity index (χ0) is 14.5. The molecule has 1 aliphatic heterocycles. The number of methoxy groups -OCH3 is 1. The topological polar surface area (TPSA) is 83.5 Å². The lowest BCUT2D eigenvalue weighted by Gasteiger charge is -2.24. The van der Waals surface area contributed by atoms with Gasteiger partial charge >= 0.3 is 7.82 Å². The fraction of sp³-hybridized carbons (Fsp3) is 0.800. The molecule has 108 valence electrons. The van der Waals surface area contributed by atoms with Crippen molar-refractivity contribution >= 4 is 15.7 Å². The van der Waals surface area contributed by atoms with E-state index in [0.717, 1.165) is 7.11 Å². The van der Waals surface area contributed by atoms with E-state index in [1.54, 1.807) is 7.85 Å². The predicted octanol–water partition coefficient (Wildman–Crippen LogP) is -0.859. The Labute approximate surface area is 113 Å². The van der Waals surface area contributed by atoms with Crippen LogP contribution in [0, 0.1) is 12.3 Å². The highest BCUT2D eigenvalue weighted by Crippen LogP contribution is 2.46. The minimum absolute atomic E-state index is 0.0562. The Morgan fingerprint density at radius 1 is 1.47 bits per heavy atom. The highest BCUT2D eigenvalue weighted by atomic mass is 31.2. The zero-order valence-corrected chi connectivity index (χ0v) is 12.0. The molecule has 0 aliphatic carbocycles. The lowest BCUT2D eigenvalue weighted by molar-refractivity contribution is -0.0289. The quantitative estimate of drug-likeness (QED) is 0.371. The van der Waals surface area contributed by atoms with Crippen molar-refractivity contribution in [2.45, 2.75) is 24.3 Å². The highest BCUT2D eigenvalue weighted by Gasteiger charge is 2.47. The van der Waals surface area contributed by atoms with Crippen LogP contribution < -0.4 is 0 Å². The Morgan fingerprint density at radius 2 is 2.16 bits per heavy atom. The summed E-state index contributed by atoms with van der Waals surface area (Å²) in [5.41, 5.74) is 0. The van der Waals surface area contributed by atoms with Crippen LogP contribution in [-0.2, 0) is 27.8 Å². The van der Waals surface area contributed by atoms with Crippen molar-refractivity contribution in [2.24, 2.45) is 0 Å². The van der Waals surface area contributed by atoms with Crippen molar-refractivity contribution in [1.29, 1.82) is 0 Å². The van der Waals surface area contributed by atoms with Crippen LogP contribution in [0.15, 0.2) is 0 Å². The molecule has 0 aromatic rings. The Morgan fingerprint density at radius 3 is 2.68 bits per heavy atom. The number of phosphoric ester groups is 1. The van der Waals surface area contributed by atoms with E-state index in [1.165, 1.54) is 7.11 Å². The first kappa shape index (κ1) is 16.7. The third kappa shape index (κ3) is 4.58. The summed E-state index contributed by atoms with van der Waals surface area (Å²) in [6.45, 7) is 0.259. The maximum absolute atomic E-state index is 11.5. The Kier molecular flexibility index (Phi) is 6.50. The third-order valence-electron chi connectivity index (χ3n) is 2.72. The third-order valence-corrected chi connectivity index (χ3v) is 3.69. The molecule has 5 atom stereocenters. The first-order chi connectivity index (χ1) is 8.95. The lowest BCUT2D eigenvalue weighted by Crippen LogP contribution is -2.38. The second-order valence-electron chi connectivity index (χ2n) is 4.04. The van der Waals surface area contributed by atoms with E-state index in [0.29, 0.717) is 0 Å². The van der Waals surface area contributed by atoms with Gasteiger partial charge in [-0.15, -0.1) is 6.42 Å². The molecule has 1 saturated heterocycles. The number of rotatable bonds is 7. The normalized spacial score (nSPS) is 33.8. The molecule has 0 amide bonds. The summed E-state index contributed by atoms with van der Waals surface area (Å²) in [7, 11) is 0.201. The number of hydrogen-bond donors (Lipinski definition) is 1. The van der Waals surface area contributed by atoms with Crippen LogP contribution in [-0.4, -0.2) is 64.5 Å². The first-order valence-electron chi connectivity index (χ1n) is 5.71. The number of terminal acetylenes is 1. The van der Waals surface area contributed by atoms with E-state index in [2.05, 4.69) is 10.4 Å². The number of phosphoric acid groups is 1. The molecule has 0 bridgehead atoms. The largest absolute Gasteiger partial charge is 0.472 e. The molecule has 1 heterocycles. The van der Waals surface area contributed by atoms with Gasteiger partial charge < -0.3 is 19.1 Å². The summed E-state index contributed by atoms with van der Waals surface area (Å²) < 4.78 is 37.0. The SMILES string of the molecule is B[C@@H]1O[C@H](COC)C(OP(=O)(O)OC)[C@@H]1OCC#C. The summed E-state index contributed by atoms with van der Waals surface area (Å²) >= 11 is 0. The van der Waals surface area contributed by atoms with E-state index in [4.69, 9.17) is 25.2 Å². The van der Waals surface area contributed by atoms with E-state index >= 15 is 0 Å². The van der Waals surface area contributed by atoms with Gasteiger partial charge in [0.25, 0.3) is 0 Å². The van der Waals surface area contributed by atoms with Gasteiger partial charge in [-0.1, -0.05) is 5.92 Å². The van der Waals surface area contributed by atoms with Crippen LogP contribution in [0.25, 0.3) is 0 Å². The van der Waals surface area contributed by atoms with E-state index in [-0.39, 0.29) is 19.2 Å². The van der Waals surface area contributed by atoms with Crippen LogP contribution in [0.3, 0.4) is 0 Å². The van der Waals surface area contributed by atoms with Gasteiger partial charge in [0.05, 0.1) is 12.6 Å². The molecule has 0 radical (unpaired) electrons. The number of ether oxygens (including phenoxy) is 3. The molecule has 9 heteroatoms. The molecule has 19 heavy (non-hydrogen) atoms. The molecule has 0 spiro atoms. The van der Waals surface area contributed by atoms with Crippen LogP contribution in [0.4, 0.5) is 0 Å². The molecule has 0 saturated carbocycles. The first-order valence-corrected chi connectivity index (χ1v) is 7.21. The maximum atomic E-state index is 11.5. The molecule has 7 nitrogen and oxygen atoms in total. The number of hydrogen-bond acceptors (Lipinski definition) is 6. The minimum Gasteiger partial charge on any atom is -0.382 e. The summed E-state index contributed by atoms with van der Waals surface area (Å²) in [6.07, 6.45) is 3.25. The van der Waals surface area contributed by atoms with Crippen LogP contribution in [0.2, 0.25) is 0 Å². The Balaban J connectivity index is 2.81. The van der Waals surface area contributed by atoms with Crippen LogP contribution >= 0.6 is 7.82 Å². The second kappa shape index (κ2) is 7.41. The van der Waals surface area contributed by atoms with E-state index < -0.39 is 26.1 Å². The van der Waals surface area contributed by atoms with Gasteiger partial charge in [-0.25, -0.2) is 4.57 Å². The van der Waals surface area contributed by atoms with Crippen molar-refractivity contribution in [2.75, 3.05) is 27.4 Å². The van der Waals surface area contributed by atoms with Gasteiger partial charge in [0.2, 0.25) is 0 Å². The molecule has 1 fully saturated rings. The van der Waals surface area contributed by atoms with Crippen molar-refractivity contribution < 1.29 is 32.7 Å². The van der Waals surface area contributed by atoms with Crippen molar-refractivity contribution in [3.63, 3.8) is 0 Å². The monoisotopic (exact) mass is 292 g/mol. The summed E-state index contributed by atoms with van der Waals surface area (Å²) in [6, 6.07) is -0.338. The average molecular weight is 292 g/mol. The Bertz CT molecular complexity index is 371. The zero-order valence-electron chi connectivity index (χ0n) is 11.1. The molecule has 1 rings (SSSR count). The van der Waals surface area contributed by atoms with Gasteiger partial charge in [0, 0.05) is 14.2 Å². The van der Waals surface area contributed by atoms with Crippen molar-refractivity contribution in [3.05, 3.63) is 0 Å². The van der Waals surface area contributed by atoms with Gasteiger partial charge in [-0.3, -0.25) is 9.05 Å². The fourth-order valence-electron chi connectivity index (χ4n) is 1.91. The van der Waals surface area contributed by atoms with Gasteiger partial charge in [0.15, 0.2) is 0 Å². The maximum Gasteiger partial charge on any atom is 0.472 e. The molecule has 1 N–H and O–H groups in total. The summed E-state index contributed by atoms with van der Waals surface area (Å²) in [5, 5.41) is 0. The standard InChI is InChI=1S/C10H18BO7P/c1-4-5-16-9-8(18-19(12,13)15-3)7(6-14-2)17-10(9)11/h1,7-10H,5-6,11H2,2-3H3,(H,12,13)/t7-,8?,9+,10-/m1/s1. The molecule has 0 aromatic carbocycles. The minimum atomic E-state index is -4.15. The van der Waals surface area contributed by atoms with Gasteiger partial charge in [-0.2, -0.15) is 0 Å². The van der Waals surface area contributed by atoms with Crippen molar-refractivity contribution in [1.82, 2.24) is 0 Å². The smallest absolute Gasteiger partial charge is 0.382 e. The molecular formula is C10H18BO7P. The second-order valence-corrected chi connectivity index (χ2v) is 5.55. The molecule has 2 unspecified atom stereocenters. The van der Waals surface area contributed by atoms with Crippen LogP contribution in [0.5, 0.6) is 0 Å². The highest BCUT2D eigenvalue weighted by molar-refractivity contribution is 7.47. The molecule has 0 aromatic heterocycles. The Hall–Kier alpha value is -0.385. The molecule has 1 aliphatic rings. The fourth-order valence-corrected chi connectivity index (χ4v) is 2.56. The average Bonchev–Trinajstić information content (AvgIpc) is 2.63. The summed E-state index contributed by atoms with van der Waals surface area (Å²) in [4.78, 5) is 9.42. The molecular weight excluding hydrogens is 274 g/mol. The van der Waals surface area contributed by atoms with E-state index in [1.807, 2.05) is 0 Å². The van der Waals surface area contributed by atoms with Crippen LogP contribution in [0.1, 0.15) is 0 Å². The van der Waals surface area contributed by atoms with Gasteiger partial charge in [-0.05, 0) is 0 Å². The summed E-state index contributed by atoms with van der Waals surface area (Å²) in [5.74, 6) is 2.33. The predicted molar refractivity (Wildman–Crippen MR) is 69.4 cm³/mol. The van der Waals surface area contributed by atoms with Gasteiger partial charge in [0.1, 0.15) is 32.8 Å².